The van der Waals surface area contributed by atoms with Gasteiger partial charge in [-0.3, -0.25) is 4.72 Å². The molecule has 2 aromatic carbocycles. The van der Waals surface area contributed by atoms with Gasteiger partial charge in [0.15, 0.2) is 0 Å². The van der Waals surface area contributed by atoms with Crippen molar-refractivity contribution in [2.24, 2.45) is 0 Å². The van der Waals surface area contributed by atoms with E-state index in [1.165, 1.54) is 12.1 Å². The molecule has 1 fully saturated rings. The average molecular weight is 482 g/mol. The monoisotopic (exact) mass is 481 g/mol. The Morgan fingerprint density at radius 3 is 2.41 bits per heavy atom. The maximum Gasteiger partial charge on any atom is 0.337 e. The van der Waals surface area contributed by atoms with Crippen LogP contribution in [0.3, 0.4) is 0 Å². The predicted octanol–water partition coefficient (Wildman–Crippen LogP) is 3.31. The zero-order chi connectivity index (χ0) is 24.3. The Bertz CT molecular complexity index is 1300. The van der Waals surface area contributed by atoms with Crippen molar-refractivity contribution < 1.29 is 18.3 Å². The molecule has 4 rings (SSSR count). The zero-order valence-corrected chi connectivity index (χ0v) is 19.9. The quantitative estimate of drug-likeness (QED) is 0.551. The van der Waals surface area contributed by atoms with Gasteiger partial charge in [-0.2, -0.15) is 0 Å². The Labute approximate surface area is 199 Å². The molecule has 10 heteroatoms. The number of carbonyl (C=O) groups is 1. The second-order valence-electron chi connectivity index (χ2n) is 8.29. The number of anilines is 3. The SMILES string of the molecule is Cc1ccc(C)c(S(=O)(=O)Nc2ccc(N3CCCN(c4ncccn4)CC3)cc2C(=O)O)c1. The topological polar surface area (TPSA) is 116 Å². The molecule has 3 aromatic rings. The number of aromatic carboxylic acids is 1. The van der Waals surface area contributed by atoms with E-state index in [0.29, 0.717) is 24.6 Å². The molecule has 178 valence electrons. The van der Waals surface area contributed by atoms with Gasteiger partial charge < -0.3 is 14.9 Å². The summed E-state index contributed by atoms with van der Waals surface area (Å²) in [5, 5.41) is 9.82. The number of benzene rings is 2. The standard InChI is InChI=1S/C24H27N5O4S/c1-17-5-6-18(2)22(15-17)34(32,33)27-21-8-7-19(16-20(21)23(30)31)28-11-4-12-29(14-13-28)24-25-9-3-10-26-24/h3,5-10,15-16,27H,4,11-14H2,1-2H3,(H,30,31). The molecular formula is C24H27N5O4S. The van der Waals surface area contributed by atoms with Gasteiger partial charge in [0, 0.05) is 44.3 Å². The Balaban J connectivity index is 1.57. The maximum absolute atomic E-state index is 13.0. The molecule has 2 N–H and O–H groups in total. The molecule has 0 saturated carbocycles. The van der Waals surface area contributed by atoms with Crippen molar-refractivity contribution in [1.82, 2.24) is 9.97 Å². The molecule has 0 atom stereocenters. The summed E-state index contributed by atoms with van der Waals surface area (Å²) in [6.07, 6.45) is 4.27. The number of nitrogens with one attached hydrogen (secondary N) is 1. The zero-order valence-electron chi connectivity index (χ0n) is 19.1. The second kappa shape index (κ2) is 9.68. The van der Waals surface area contributed by atoms with E-state index in [2.05, 4.69) is 24.5 Å². The van der Waals surface area contributed by atoms with Crippen LogP contribution in [0.2, 0.25) is 0 Å². The molecule has 0 aliphatic carbocycles. The van der Waals surface area contributed by atoms with E-state index in [9.17, 15) is 18.3 Å². The van der Waals surface area contributed by atoms with Crippen LogP contribution in [0.25, 0.3) is 0 Å². The minimum absolute atomic E-state index is 0.0336. The number of hydrogen-bond donors (Lipinski definition) is 2. The summed E-state index contributed by atoms with van der Waals surface area (Å²) in [6, 6.07) is 11.7. The van der Waals surface area contributed by atoms with E-state index < -0.39 is 16.0 Å². The molecular weight excluding hydrogens is 454 g/mol. The van der Waals surface area contributed by atoms with Crippen LogP contribution >= 0.6 is 0 Å². The molecule has 1 saturated heterocycles. The van der Waals surface area contributed by atoms with Crippen molar-refractivity contribution in [3.05, 3.63) is 71.5 Å². The van der Waals surface area contributed by atoms with Crippen LogP contribution < -0.4 is 14.5 Å². The predicted molar refractivity (Wildman–Crippen MR) is 131 cm³/mol. The fourth-order valence-corrected chi connectivity index (χ4v) is 5.43. The van der Waals surface area contributed by atoms with Gasteiger partial charge in [0.05, 0.1) is 16.1 Å². The summed E-state index contributed by atoms with van der Waals surface area (Å²) in [5.74, 6) is -0.526. The Kier molecular flexibility index (Phi) is 6.69. The molecule has 1 aliphatic heterocycles. The number of sulfonamides is 1. The number of rotatable bonds is 6. The summed E-state index contributed by atoms with van der Waals surface area (Å²) in [6.45, 7) is 6.38. The smallest absolute Gasteiger partial charge is 0.337 e. The van der Waals surface area contributed by atoms with Crippen molar-refractivity contribution in [1.29, 1.82) is 0 Å². The third-order valence-electron chi connectivity index (χ3n) is 5.81. The minimum Gasteiger partial charge on any atom is -0.478 e. The minimum atomic E-state index is -3.95. The lowest BCUT2D eigenvalue weighted by Gasteiger charge is -2.24. The number of carboxylic acid groups (broad SMARTS) is 1. The first kappa shape index (κ1) is 23.5. The molecule has 34 heavy (non-hydrogen) atoms. The third-order valence-corrected chi connectivity index (χ3v) is 7.31. The highest BCUT2D eigenvalue weighted by molar-refractivity contribution is 7.92. The molecule has 9 nitrogen and oxygen atoms in total. The van der Waals surface area contributed by atoms with Gasteiger partial charge in [0.2, 0.25) is 5.95 Å². The molecule has 2 heterocycles. The Hall–Kier alpha value is -3.66. The van der Waals surface area contributed by atoms with E-state index >= 15 is 0 Å². The van der Waals surface area contributed by atoms with Gasteiger partial charge in [0.25, 0.3) is 10.0 Å². The fraction of sp³-hybridized carbons (Fsp3) is 0.292. The van der Waals surface area contributed by atoms with Gasteiger partial charge in [-0.1, -0.05) is 12.1 Å². The Morgan fingerprint density at radius 2 is 1.68 bits per heavy atom. The van der Waals surface area contributed by atoms with Crippen LogP contribution in [0, 0.1) is 13.8 Å². The van der Waals surface area contributed by atoms with Gasteiger partial charge in [0.1, 0.15) is 0 Å². The number of nitrogens with zero attached hydrogens (tertiary/aromatic N) is 4. The molecule has 0 unspecified atom stereocenters. The lowest BCUT2D eigenvalue weighted by molar-refractivity contribution is 0.0698. The largest absolute Gasteiger partial charge is 0.478 e. The lowest BCUT2D eigenvalue weighted by Crippen LogP contribution is -2.31. The van der Waals surface area contributed by atoms with Gasteiger partial charge in [-0.05, 0) is 61.7 Å². The van der Waals surface area contributed by atoms with Crippen molar-refractivity contribution >= 4 is 33.3 Å². The molecule has 0 spiro atoms. The molecule has 0 amide bonds. The number of aromatic nitrogens is 2. The van der Waals surface area contributed by atoms with E-state index in [1.54, 1.807) is 43.6 Å². The van der Waals surface area contributed by atoms with Crippen molar-refractivity contribution in [3.8, 4) is 0 Å². The lowest BCUT2D eigenvalue weighted by atomic mass is 10.1. The van der Waals surface area contributed by atoms with Crippen LogP contribution in [0.1, 0.15) is 27.9 Å². The highest BCUT2D eigenvalue weighted by Crippen LogP contribution is 2.28. The van der Waals surface area contributed by atoms with Crippen LogP contribution in [0.4, 0.5) is 17.3 Å². The van der Waals surface area contributed by atoms with Crippen LogP contribution in [-0.2, 0) is 10.0 Å². The van der Waals surface area contributed by atoms with Gasteiger partial charge in [-0.15, -0.1) is 0 Å². The third kappa shape index (κ3) is 5.12. The number of carboxylic acids is 1. The first-order valence-corrected chi connectivity index (χ1v) is 12.5. The molecule has 0 bridgehead atoms. The van der Waals surface area contributed by atoms with Crippen molar-refractivity contribution in [2.75, 3.05) is 40.7 Å². The van der Waals surface area contributed by atoms with E-state index in [-0.39, 0.29) is 16.1 Å². The van der Waals surface area contributed by atoms with Gasteiger partial charge >= 0.3 is 5.97 Å². The van der Waals surface area contributed by atoms with E-state index in [1.807, 2.05) is 13.0 Å². The van der Waals surface area contributed by atoms with Crippen molar-refractivity contribution in [3.63, 3.8) is 0 Å². The van der Waals surface area contributed by atoms with E-state index in [0.717, 1.165) is 30.8 Å². The second-order valence-corrected chi connectivity index (χ2v) is 9.94. The summed E-state index contributed by atoms with van der Waals surface area (Å²) in [5.41, 5.74) is 2.05. The Morgan fingerprint density at radius 1 is 0.971 bits per heavy atom. The highest BCUT2D eigenvalue weighted by Gasteiger charge is 2.23. The maximum atomic E-state index is 13.0. The normalized spacial score (nSPS) is 14.5. The summed E-state index contributed by atoms with van der Waals surface area (Å²) in [4.78, 5) is 25.0. The van der Waals surface area contributed by atoms with Gasteiger partial charge in [-0.25, -0.2) is 23.2 Å². The molecule has 0 radical (unpaired) electrons. The average Bonchev–Trinajstić information content (AvgIpc) is 3.07. The number of aryl methyl sites for hydroxylation is 2. The summed E-state index contributed by atoms with van der Waals surface area (Å²) in [7, 11) is -3.95. The number of hydrogen-bond acceptors (Lipinski definition) is 7. The highest BCUT2D eigenvalue weighted by atomic mass is 32.2. The van der Waals surface area contributed by atoms with Crippen LogP contribution in [0.5, 0.6) is 0 Å². The summed E-state index contributed by atoms with van der Waals surface area (Å²) < 4.78 is 28.5. The van der Waals surface area contributed by atoms with Crippen LogP contribution in [0.15, 0.2) is 59.8 Å². The first-order chi connectivity index (χ1) is 16.2. The fourth-order valence-electron chi connectivity index (χ4n) is 4.02. The van der Waals surface area contributed by atoms with E-state index in [4.69, 9.17) is 0 Å². The first-order valence-electron chi connectivity index (χ1n) is 11.0. The molecule has 1 aliphatic rings. The van der Waals surface area contributed by atoms with Crippen molar-refractivity contribution in [2.45, 2.75) is 25.2 Å². The summed E-state index contributed by atoms with van der Waals surface area (Å²) >= 11 is 0. The molecule has 1 aromatic heterocycles. The van der Waals surface area contributed by atoms with Crippen LogP contribution in [-0.4, -0.2) is 55.6 Å².